The Balaban J connectivity index is 1.83. The predicted octanol–water partition coefficient (Wildman–Crippen LogP) is 0.805. The van der Waals surface area contributed by atoms with E-state index in [1.54, 1.807) is 12.1 Å². The minimum Gasteiger partial charge on any atom is -0.491 e. The van der Waals surface area contributed by atoms with Crippen LogP contribution in [-0.4, -0.2) is 41.5 Å². The molecule has 0 spiro atoms. The van der Waals surface area contributed by atoms with Gasteiger partial charge in [0.1, 0.15) is 18.4 Å². The zero-order chi connectivity index (χ0) is 13.7. The van der Waals surface area contributed by atoms with Crippen LogP contribution in [0.4, 0.5) is 0 Å². The summed E-state index contributed by atoms with van der Waals surface area (Å²) in [5.74, 6) is -0.241. The topological polar surface area (TPSA) is 78.8 Å². The highest BCUT2D eigenvalue weighted by Crippen LogP contribution is 2.20. The normalized spacial score (nSPS) is 16.1. The Hall–Kier alpha value is -1.59. The number of hydrogen-bond donors (Lipinski definition) is 3. The number of carbonyl (C=O) groups is 1. The van der Waals surface area contributed by atoms with Crippen LogP contribution in [0.5, 0.6) is 5.75 Å². The largest absolute Gasteiger partial charge is 0.491 e. The predicted molar refractivity (Wildman–Crippen MR) is 70.3 cm³/mol. The van der Waals surface area contributed by atoms with Crippen LogP contribution in [0.15, 0.2) is 24.3 Å². The number of aliphatic hydroxyl groups excluding tert-OH is 1. The molecule has 1 aromatic rings. The summed E-state index contributed by atoms with van der Waals surface area (Å²) < 4.78 is 5.49. The Morgan fingerprint density at radius 3 is 2.58 bits per heavy atom. The van der Waals surface area contributed by atoms with E-state index in [9.17, 15) is 4.79 Å². The molecular formula is C14H19NO4. The lowest BCUT2D eigenvalue weighted by Crippen LogP contribution is -2.42. The van der Waals surface area contributed by atoms with Crippen LogP contribution >= 0.6 is 0 Å². The lowest BCUT2D eigenvalue weighted by atomic mass is 10.1. The van der Waals surface area contributed by atoms with Crippen LogP contribution in [0.1, 0.15) is 18.4 Å². The summed E-state index contributed by atoms with van der Waals surface area (Å²) in [4.78, 5) is 11.1. The number of rotatable bonds is 8. The first-order chi connectivity index (χ1) is 9.19. The summed E-state index contributed by atoms with van der Waals surface area (Å²) in [7, 11) is 0. The van der Waals surface area contributed by atoms with Gasteiger partial charge >= 0.3 is 5.97 Å². The lowest BCUT2D eigenvalue weighted by Gasteiger charge is -2.15. The van der Waals surface area contributed by atoms with Crippen molar-refractivity contribution >= 4 is 5.97 Å². The fraction of sp³-hybridized carbons (Fsp3) is 0.500. The molecule has 19 heavy (non-hydrogen) atoms. The van der Waals surface area contributed by atoms with E-state index in [1.807, 2.05) is 12.1 Å². The van der Waals surface area contributed by atoms with Gasteiger partial charge in [0, 0.05) is 12.6 Å². The van der Waals surface area contributed by atoms with E-state index in [1.165, 1.54) is 0 Å². The van der Waals surface area contributed by atoms with Crippen molar-refractivity contribution in [2.75, 3.05) is 13.2 Å². The molecule has 0 saturated heterocycles. The third-order valence-electron chi connectivity index (χ3n) is 3.05. The van der Waals surface area contributed by atoms with E-state index in [0.29, 0.717) is 18.2 Å². The number of aliphatic hydroxyl groups is 1. The zero-order valence-electron chi connectivity index (χ0n) is 10.7. The zero-order valence-corrected chi connectivity index (χ0v) is 10.7. The third-order valence-corrected chi connectivity index (χ3v) is 3.05. The first-order valence-electron chi connectivity index (χ1n) is 6.50. The number of carboxylic acid groups (broad SMARTS) is 1. The summed E-state index contributed by atoms with van der Waals surface area (Å²) in [6.07, 6.45) is 2.69. The standard InChI is InChI=1S/C14H19NO4/c16-8-7-10-1-5-12(6-2-10)19-9-13(14(17)18)15-11-3-4-11/h1-2,5-6,11,13,15-16H,3-4,7-9H2,(H,17,18). The van der Waals surface area contributed by atoms with Crippen molar-refractivity contribution in [3.63, 3.8) is 0 Å². The quantitative estimate of drug-likeness (QED) is 0.648. The van der Waals surface area contributed by atoms with Gasteiger partial charge in [0.2, 0.25) is 0 Å². The molecule has 0 bridgehead atoms. The van der Waals surface area contributed by atoms with E-state index in [0.717, 1.165) is 18.4 Å². The molecular weight excluding hydrogens is 246 g/mol. The average Bonchev–Trinajstić information content (AvgIpc) is 3.20. The second-order valence-electron chi connectivity index (χ2n) is 4.76. The van der Waals surface area contributed by atoms with Crippen molar-refractivity contribution in [2.24, 2.45) is 0 Å². The summed E-state index contributed by atoms with van der Waals surface area (Å²) in [6.45, 7) is 0.234. The fourth-order valence-electron chi connectivity index (χ4n) is 1.79. The van der Waals surface area contributed by atoms with Gasteiger partial charge in [-0.15, -0.1) is 0 Å². The van der Waals surface area contributed by atoms with E-state index in [-0.39, 0.29) is 13.2 Å². The van der Waals surface area contributed by atoms with Crippen LogP contribution in [-0.2, 0) is 11.2 Å². The Morgan fingerprint density at radius 1 is 1.37 bits per heavy atom. The molecule has 104 valence electrons. The van der Waals surface area contributed by atoms with Crippen molar-refractivity contribution in [3.8, 4) is 5.75 Å². The molecule has 1 saturated carbocycles. The van der Waals surface area contributed by atoms with Gasteiger partial charge < -0.3 is 14.9 Å². The van der Waals surface area contributed by atoms with Crippen LogP contribution in [0, 0.1) is 0 Å². The maximum Gasteiger partial charge on any atom is 0.324 e. The van der Waals surface area contributed by atoms with Gasteiger partial charge in [0.25, 0.3) is 0 Å². The van der Waals surface area contributed by atoms with Crippen LogP contribution < -0.4 is 10.1 Å². The molecule has 5 nitrogen and oxygen atoms in total. The van der Waals surface area contributed by atoms with E-state index in [4.69, 9.17) is 14.9 Å². The first-order valence-corrected chi connectivity index (χ1v) is 6.50. The number of hydrogen-bond acceptors (Lipinski definition) is 4. The molecule has 1 atom stereocenters. The third kappa shape index (κ3) is 4.54. The number of ether oxygens (including phenoxy) is 1. The van der Waals surface area contributed by atoms with Gasteiger partial charge in [0.05, 0.1) is 0 Å². The number of benzene rings is 1. The minimum atomic E-state index is -0.885. The fourth-order valence-corrected chi connectivity index (χ4v) is 1.79. The number of carboxylic acids is 1. The number of aliphatic carboxylic acids is 1. The molecule has 2 rings (SSSR count). The Kier molecular flexibility index (Phi) is 4.76. The summed E-state index contributed by atoms with van der Waals surface area (Å²) in [5, 5.41) is 20.9. The van der Waals surface area contributed by atoms with Gasteiger partial charge in [-0.1, -0.05) is 12.1 Å². The molecule has 1 aliphatic carbocycles. The van der Waals surface area contributed by atoms with E-state index in [2.05, 4.69) is 5.32 Å². The van der Waals surface area contributed by atoms with Crippen molar-refractivity contribution in [1.29, 1.82) is 0 Å². The highest BCUT2D eigenvalue weighted by atomic mass is 16.5. The molecule has 0 radical (unpaired) electrons. The Morgan fingerprint density at radius 2 is 2.05 bits per heavy atom. The van der Waals surface area contributed by atoms with Crippen molar-refractivity contribution < 1.29 is 19.7 Å². The average molecular weight is 265 g/mol. The van der Waals surface area contributed by atoms with Crippen molar-refractivity contribution in [3.05, 3.63) is 29.8 Å². The van der Waals surface area contributed by atoms with E-state index >= 15 is 0 Å². The first kappa shape index (κ1) is 13.8. The molecule has 0 amide bonds. The van der Waals surface area contributed by atoms with Crippen LogP contribution in [0.3, 0.4) is 0 Å². The molecule has 3 N–H and O–H groups in total. The van der Waals surface area contributed by atoms with Gasteiger partial charge in [-0.2, -0.15) is 0 Å². The molecule has 0 aliphatic heterocycles. The van der Waals surface area contributed by atoms with Crippen molar-refractivity contribution in [2.45, 2.75) is 31.3 Å². The highest BCUT2D eigenvalue weighted by molar-refractivity contribution is 5.73. The second-order valence-corrected chi connectivity index (χ2v) is 4.76. The van der Waals surface area contributed by atoms with Gasteiger partial charge in [-0.3, -0.25) is 10.1 Å². The maximum absolute atomic E-state index is 11.1. The molecule has 0 heterocycles. The highest BCUT2D eigenvalue weighted by Gasteiger charge is 2.28. The molecule has 1 aromatic carbocycles. The second kappa shape index (κ2) is 6.54. The van der Waals surface area contributed by atoms with Gasteiger partial charge in [-0.25, -0.2) is 0 Å². The summed E-state index contributed by atoms with van der Waals surface area (Å²) >= 11 is 0. The van der Waals surface area contributed by atoms with Crippen LogP contribution in [0.25, 0.3) is 0 Å². The summed E-state index contributed by atoms with van der Waals surface area (Å²) in [6, 6.07) is 6.99. The van der Waals surface area contributed by atoms with E-state index < -0.39 is 12.0 Å². The maximum atomic E-state index is 11.1. The monoisotopic (exact) mass is 265 g/mol. The molecule has 5 heteroatoms. The molecule has 1 unspecified atom stereocenters. The minimum absolute atomic E-state index is 0.116. The number of nitrogens with one attached hydrogen (secondary N) is 1. The molecule has 0 aromatic heterocycles. The van der Waals surface area contributed by atoms with Crippen LogP contribution in [0.2, 0.25) is 0 Å². The summed E-state index contributed by atoms with van der Waals surface area (Å²) in [5.41, 5.74) is 1.03. The molecule has 1 fully saturated rings. The Bertz CT molecular complexity index is 414. The Labute approximate surface area is 112 Å². The van der Waals surface area contributed by atoms with Gasteiger partial charge in [-0.05, 0) is 37.0 Å². The SMILES string of the molecule is O=C(O)C(COc1ccc(CCO)cc1)NC1CC1. The smallest absolute Gasteiger partial charge is 0.324 e. The van der Waals surface area contributed by atoms with Gasteiger partial charge in [0.15, 0.2) is 0 Å². The van der Waals surface area contributed by atoms with Crippen molar-refractivity contribution in [1.82, 2.24) is 5.32 Å². The molecule has 1 aliphatic rings. The lowest BCUT2D eigenvalue weighted by molar-refractivity contribution is -0.140.